The lowest BCUT2D eigenvalue weighted by atomic mass is 10.0. The minimum Gasteiger partial charge on any atom is -0.320 e. The molecule has 15 heavy (non-hydrogen) atoms. The highest BCUT2D eigenvalue weighted by atomic mass is 19.4. The van der Waals surface area contributed by atoms with E-state index in [0.717, 1.165) is 11.1 Å². The second kappa shape index (κ2) is 4.66. The number of hydrogen-bond acceptors (Lipinski definition) is 1. The molecule has 1 aromatic rings. The molecular formula is C11H14F3N. The van der Waals surface area contributed by atoms with Crippen LogP contribution in [0.3, 0.4) is 0 Å². The third-order valence-electron chi connectivity index (χ3n) is 2.41. The molecule has 1 rings (SSSR count). The van der Waals surface area contributed by atoms with Crippen molar-refractivity contribution in [2.75, 3.05) is 0 Å². The molecule has 84 valence electrons. The molecule has 4 heteroatoms. The molecule has 1 nitrogen and oxygen atoms in total. The zero-order chi connectivity index (χ0) is 11.5. The quantitative estimate of drug-likeness (QED) is 0.827. The van der Waals surface area contributed by atoms with E-state index in [1.54, 1.807) is 0 Å². The van der Waals surface area contributed by atoms with E-state index in [1.807, 2.05) is 31.2 Å². The molecule has 0 saturated carbocycles. The minimum atomic E-state index is -4.29. The number of nitrogens with two attached hydrogens (primary N) is 1. The molecular weight excluding hydrogens is 203 g/mol. The zero-order valence-electron chi connectivity index (χ0n) is 8.51. The van der Waals surface area contributed by atoms with Crippen molar-refractivity contribution in [1.82, 2.24) is 0 Å². The van der Waals surface area contributed by atoms with Crippen LogP contribution in [0.15, 0.2) is 24.3 Å². The van der Waals surface area contributed by atoms with Crippen molar-refractivity contribution in [2.24, 2.45) is 5.73 Å². The molecule has 0 radical (unpaired) electrons. The van der Waals surface area contributed by atoms with E-state index < -0.39 is 12.2 Å². The molecule has 0 saturated heterocycles. The summed E-state index contributed by atoms with van der Waals surface area (Å²) in [6.07, 6.45) is -3.98. The summed E-state index contributed by atoms with van der Waals surface area (Å²) in [5, 5.41) is 0. The van der Waals surface area contributed by atoms with Crippen molar-refractivity contribution in [3.05, 3.63) is 35.4 Å². The summed E-state index contributed by atoms with van der Waals surface area (Å²) in [6.45, 7) is 1.88. The van der Waals surface area contributed by atoms with Gasteiger partial charge in [-0.15, -0.1) is 0 Å². The highest BCUT2D eigenvalue weighted by Crippen LogP contribution is 2.22. The second-order valence-electron chi connectivity index (χ2n) is 3.61. The van der Waals surface area contributed by atoms with Crippen molar-refractivity contribution in [2.45, 2.75) is 32.0 Å². The standard InChI is InChI=1S/C11H14F3N/c1-8-4-2-3-5-9(8)6-7-10(15)11(12,13)14/h2-5,10H,6-7,15H2,1H3/t10-/m1/s1. The van der Waals surface area contributed by atoms with Crippen LogP contribution < -0.4 is 5.73 Å². The van der Waals surface area contributed by atoms with Gasteiger partial charge in [0.1, 0.15) is 6.04 Å². The van der Waals surface area contributed by atoms with Crippen LogP contribution in [-0.2, 0) is 6.42 Å². The highest BCUT2D eigenvalue weighted by Gasteiger charge is 2.35. The van der Waals surface area contributed by atoms with Crippen LogP contribution in [0.25, 0.3) is 0 Å². The minimum absolute atomic E-state index is 0.0612. The van der Waals surface area contributed by atoms with Gasteiger partial charge in [-0.3, -0.25) is 0 Å². The van der Waals surface area contributed by atoms with Crippen molar-refractivity contribution in [3.63, 3.8) is 0 Å². The Kier molecular flexibility index (Phi) is 3.74. The van der Waals surface area contributed by atoms with E-state index in [-0.39, 0.29) is 6.42 Å². The van der Waals surface area contributed by atoms with Crippen molar-refractivity contribution in [1.29, 1.82) is 0 Å². The molecule has 0 unspecified atom stereocenters. The molecule has 0 bridgehead atoms. The highest BCUT2D eigenvalue weighted by molar-refractivity contribution is 5.25. The fourth-order valence-electron chi connectivity index (χ4n) is 1.37. The third-order valence-corrected chi connectivity index (χ3v) is 2.41. The molecule has 1 atom stereocenters. The molecule has 0 aromatic heterocycles. The SMILES string of the molecule is Cc1ccccc1CC[C@@H](N)C(F)(F)F. The van der Waals surface area contributed by atoms with Gasteiger partial charge in [-0.05, 0) is 30.9 Å². The number of halogens is 3. The van der Waals surface area contributed by atoms with Gasteiger partial charge in [-0.2, -0.15) is 13.2 Å². The van der Waals surface area contributed by atoms with Crippen LogP contribution in [-0.4, -0.2) is 12.2 Å². The maximum Gasteiger partial charge on any atom is 0.403 e. The first kappa shape index (κ1) is 12.0. The number of rotatable bonds is 3. The lowest BCUT2D eigenvalue weighted by molar-refractivity contribution is -0.148. The molecule has 0 aliphatic carbocycles. The molecule has 1 aromatic carbocycles. The van der Waals surface area contributed by atoms with Gasteiger partial charge >= 0.3 is 6.18 Å². The van der Waals surface area contributed by atoms with Gasteiger partial charge in [0.2, 0.25) is 0 Å². The Morgan fingerprint density at radius 1 is 1.27 bits per heavy atom. The first-order valence-corrected chi connectivity index (χ1v) is 4.78. The Bertz CT molecular complexity index is 320. The summed E-state index contributed by atoms with van der Waals surface area (Å²) in [5.41, 5.74) is 6.96. The second-order valence-corrected chi connectivity index (χ2v) is 3.61. The molecule has 0 fully saturated rings. The van der Waals surface area contributed by atoms with Crippen LogP contribution >= 0.6 is 0 Å². The summed E-state index contributed by atoms with van der Waals surface area (Å²) >= 11 is 0. The lowest BCUT2D eigenvalue weighted by Crippen LogP contribution is -2.37. The van der Waals surface area contributed by atoms with Gasteiger partial charge in [0.05, 0.1) is 0 Å². The van der Waals surface area contributed by atoms with E-state index in [4.69, 9.17) is 5.73 Å². The van der Waals surface area contributed by atoms with Crippen molar-refractivity contribution in [3.8, 4) is 0 Å². The number of benzene rings is 1. The van der Waals surface area contributed by atoms with Crippen molar-refractivity contribution >= 4 is 0 Å². The van der Waals surface area contributed by atoms with Gasteiger partial charge in [0.25, 0.3) is 0 Å². The predicted octanol–water partition coefficient (Wildman–Crippen LogP) is 2.82. The Labute approximate surface area is 87.1 Å². The smallest absolute Gasteiger partial charge is 0.320 e. The molecule has 0 amide bonds. The van der Waals surface area contributed by atoms with Gasteiger partial charge in [0.15, 0.2) is 0 Å². The fourth-order valence-corrected chi connectivity index (χ4v) is 1.37. The van der Waals surface area contributed by atoms with Gasteiger partial charge in [0, 0.05) is 0 Å². The number of aryl methyl sites for hydroxylation is 2. The van der Waals surface area contributed by atoms with Crippen LogP contribution in [0.5, 0.6) is 0 Å². The molecule has 0 aliphatic heterocycles. The van der Waals surface area contributed by atoms with Gasteiger partial charge in [-0.1, -0.05) is 24.3 Å². The lowest BCUT2D eigenvalue weighted by Gasteiger charge is -2.15. The Balaban J connectivity index is 2.55. The topological polar surface area (TPSA) is 26.0 Å². The van der Waals surface area contributed by atoms with E-state index in [9.17, 15) is 13.2 Å². The normalized spacial score (nSPS) is 13.9. The van der Waals surface area contributed by atoms with Crippen LogP contribution in [0, 0.1) is 6.92 Å². The first-order chi connectivity index (χ1) is 6.91. The van der Waals surface area contributed by atoms with E-state index in [1.165, 1.54) is 0 Å². The first-order valence-electron chi connectivity index (χ1n) is 4.78. The number of alkyl halides is 3. The average molecular weight is 217 g/mol. The fraction of sp³-hybridized carbons (Fsp3) is 0.455. The monoisotopic (exact) mass is 217 g/mol. The predicted molar refractivity (Wildman–Crippen MR) is 53.5 cm³/mol. The molecule has 0 aliphatic rings. The Hall–Kier alpha value is -1.03. The third kappa shape index (κ3) is 3.55. The van der Waals surface area contributed by atoms with Crippen LogP contribution in [0.1, 0.15) is 17.5 Å². The van der Waals surface area contributed by atoms with Gasteiger partial charge < -0.3 is 5.73 Å². The summed E-state index contributed by atoms with van der Waals surface area (Å²) < 4.78 is 36.4. The largest absolute Gasteiger partial charge is 0.403 e. The Morgan fingerprint density at radius 2 is 1.87 bits per heavy atom. The summed E-state index contributed by atoms with van der Waals surface area (Å²) in [6, 6.07) is 5.67. The summed E-state index contributed by atoms with van der Waals surface area (Å²) in [5.74, 6) is 0. The van der Waals surface area contributed by atoms with Crippen LogP contribution in [0.2, 0.25) is 0 Å². The molecule has 0 heterocycles. The molecule has 2 N–H and O–H groups in total. The number of hydrogen-bond donors (Lipinski definition) is 1. The van der Waals surface area contributed by atoms with E-state index in [0.29, 0.717) is 6.42 Å². The molecule has 0 spiro atoms. The van der Waals surface area contributed by atoms with E-state index in [2.05, 4.69) is 0 Å². The maximum absolute atomic E-state index is 12.1. The van der Waals surface area contributed by atoms with Crippen LogP contribution in [0.4, 0.5) is 13.2 Å². The average Bonchev–Trinajstić information content (AvgIpc) is 2.14. The van der Waals surface area contributed by atoms with E-state index >= 15 is 0 Å². The zero-order valence-corrected chi connectivity index (χ0v) is 8.51. The Morgan fingerprint density at radius 3 is 2.40 bits per heavy atom. The maximum atomic E-state index is 12.1. The van der Waals surface area contributed by atoms with Crippen molar-refractivity contribution < 1.29 is 13.2 Å². The summed E-state index contributed by atoms with van der Waals surface area (Å²) in [4.78, 5) is 0. The van der Waals surface area contributed by atoms with Gasteiger partial charge in [-0.25, -0.2) is 0 Å². The summed E-state index contributed by atoms with van der Waals surface area (Å²) in [7, 11) is 0.